The van der Waals surface area contributed by atoms with Gasteiger partial charge in [-0.3, -0.25) is 4.79 Å². The van der Waals surface area contributed by atoms with Crippen molar-refractivity contribution in [1.82, 2.24) is 34.4 Å². The number of carbonyl (C=O) groups is 1. The van der Waals surface area contributed by atoms with Crippen LogP contribution in [0.2, 0.25) is 0 Å². The molecule has 1 aliphatic heterocycles. The Labute approximate surface area is 193 Å². The Bertz CT molecular complexity index is 1100. The van der Waals surface area contributed by atoms with Crippen molar-refractivity contribution >= 4 is 22.9 Å². The smallest absolute Gasteiger partial charge is 0.245 e. The van der Waals surface area contributed by atoms with Crippen LogP contribution in [-0.4, -0.2) is 72.6 Å². The predicted octanol–water partition coefficient (Wildman–Crippen LogP) is 2.83. The first-order chi connectivity index (χ1) is 16.0. The van der Waals surface area contributed by atoms with Gasteiger partial charge in [-0.25, -0.2) is 24.9 Å². The van der Waals surface area contributed by atoms with Crippen molar-refractivity contribution in [3.63, 3.8) is 0 Å². The third-order valence-electron chi connectivity index (χ3n) is 6.22. The monoisotopic (exact) mass is 452 g/mol. The Balaban J connectivity index is 1.62. The van der Waals surface area contributed by atoms with Gasteiger partial charge in [-0.1, -0.05) is 6.92 Å². The second-order valence-corrected chi connectivity index (χ2v) is 8.31. The highest BCUT2D eigenvalue weighted by atomic mass is 16.5. The van der Waals surface area contributed by atoms with Crippen LogP contribution in [0, 0.1) is 6.92 Å². The normalized spacial score (nSPS) is 17.7. The maximum absolute atomic E-state index is 13.3. The van der Waals surface area contributed by atoms with Gasteiger partial charge in [-0.05, 0) is 39.5 Å². The van der Waals surface area contributed by atoms with E-state index in [4.69, 9.17) is 9.72 Å². The van der Waals surface area contributed by atoms with E-state index >= 15 is 0 Å². The number of likely N-dealkylation sites (tertiary alicyclic amines) is 1. The number of hydrogen-bond acceptors (Lipinski definition) is 8. The number of ether oxygens (including phenoxy) is 1. The van der Waals surface area contributed by atoms with Crippen LogP contribution in [0.1, 0.15) is 45.4 Å². The molecule has 3 aromatic heterocycles. The molecule has 0 saturated carbocycles. The quantitative estimate of drug-likeness (QED) is 0.583. The van der Waals surface area contributed by atoms with Crippen molar-refractivity contribution in [2.24, 2.45) is 0 Å². The molecule has 176 valence electrons. The standard InChI is InChI=1S/C23H32N8O2/c1-5-18(23(32)30-10-7-8-17(33-4)9-11-30)28-20-19-22(27-14-26-20)31(6-2)21(29-19)16-12-24-15(3)25-13-16/h12-14,17-18H,5-11H2,1-4H3,(H,26,27,28)/t17-,18-/m0/s1. The minimum Gasteiger partial charge on any atom is -0.381 e. The molecule has 4 rings (SSSR count). The van der Waals surface area contributed by atoms with Gasteiger partial charge in [0.2, 0.25) is 5.91 Å². The Kier molecular flexibility index (Phi) is 7.12. The Morgan fingerprint density at radius 3 is 2.67 bits per heavy atom. The lowest BCUT2D eigenvalue weighted by atomic mass is 10.2. The minimum absolute atomic E-state index is 0.0862. The summed E-state index contributed by atoms with van der Waals surface area (Å²) in [4.78, 5) is 37.6. The van der Waals surface area contributed by atoms with Gasteiger partial charge in [0.05, 0.1) is 11.7 Å². The molecule has 1 fully saturated rings. The molecule has 1 aliphatic rings. The van der Waals surface area contributed by atoms with Crippen molar-refractivity contribution in [1.29, 1.82) is 0 Å². The summed E-state index contributed by atoms with van der Waals surface area (Å²) in [5.41, 5.74) is 2.16. The van der Waals surface area contributed by atoms with E-state index < -0.39 is 0 Å². The van der Waals surface area contributed by atoms with Crippen LogP contribution in [0.3, 0.4) is 0 Å². The molecule has 10 heteroatoms. The Hall–Kier alpha value is -3.14. The number of carbonyl (C=O) groups excluding carboxylic acids is 1. The average molecular weight is 453 g/mol. The summed E-state index contributed by atoms with van der Waals surface area (Å²) < 4.78 is 7.52. The summed E-state index contributed by atoms with van der Waals surface area (Å²) in [7, 11) is 1.74. The molecular weight excluding hydrogens is 420 g/mol. The summed E-state index contributed by atoms with van der Waals surface area (Å²) in [6.45, 7) is 8.03. The minimum atomic E-state index is -0.389. The van der Waals surface area contributed by atoms with E-state index in [1.165, 1.54) is 6.33 Å². The van der Waals surface area contributed by atoms with Crippen molar-refractivity contribution in [2.45, 2.75) is 65.1 Å². The van der Waals surface area contributed by atoms with Crippen LogP contribution in [0.4, 0.5) is 5.82 Å². The predicted molar refractivity (Wildman–Crippen MR) is 126 cm³/mol. The summed E-state index contributed by atoms with van der Waals surface area (Å²) in [5, 5.41) is 3.36. The highest BCUT2D eigenvalue weighted by Crippen LogP contribution is 2.27. The van der Waals surface area contributed by atoms with Gasteiger partial charge in [0.25, 0.3) is 0 Å². The number of imidazole rings is 1. The number of fused-ring (bicyclic) bond motifs is 1. The molecule has 2 atom stereocenters. The second kappa shape index (κ2) is 10.2. The highest BCUT2D eigenvalue weighted by Gasteiger charge is 2.27. The van der Waals surface area contributed by atoms with Gasteiger partial charge < -0.3 is 19.5 Å². The molecule has 0 aliphatic carbocycles. The van der Waals surface area contributed by atoms with E-state index in [9.17, 15) is 4.79 Å². The van der Waals surface area contributed by atoms with Crippen molar-refractivity contribution in [2.75, 3.05) is 25.5 Å². The van der Waals surface area contributed by atoms with E-state index in [1.54, 1.807) is 19.5 Å². The fourth-order valence-electron chi connectivity index (χ4n) is 4.32. The lowest BCUT2D eigenvalue weighted by Gasteiger charge is -2.26. The average Bonchev–Trinajstić information content (AvgIpc) is 3.05. The molecule has 0 spiro atoms. The van der Waals surface area contributed by atoms with E-state index in [0.29, 0.717) is 42.3 Å². The summed E-state index contributed by atoms with van der Waals surface area (Å²) in [6, 6.07) is -0.389. The summed E-state index contributed by atoms with van der Waals surface area (Å²) >= 11 is 0. The number of nitrogens with zero attached hydrogens (tertiary/aromatic N) is 7. The van der Waals surface area contributed by atoms with Gasteiger partial charge in [0, 0.05) is 39.1 Å². The lowest BCUT2D eigenvalue weighted by molar-refractivity contribution is -0.132. The number of rotatable bonds is 7. The molecule has 0 radical (unpaired) electrons. The van der Waals surface area contributed by atoms with Crippen LogP contribution < -0.4 is 5.32 Å². The van der Waals surface area contributed by atoms with Crippen LogP contribution in [0.5, 0.6) is 0 Å². The first-order valence-corrected chi connectivity index (χ1v) is 11.6. The van der Waals surface area contributed by atoms with Crippen LogP contribution in [0.25, 0.3) is 22.6 Å². The van der Waals surface area contributed by atoms with Crippen molar-refractivity contribution in [3.8, 4) is 11.4 Å². The zero-order chi connectivity index (χ0) is 23.4. The fraction of sp³-hybridized carbons (Fsp3) is 0.565. The number of hydrogen-bond donors (Lipinski definition) is 1. The number of aryl methyl sites for hydroxylation is 2. The van der Waals surface area contributed by atoms with Gasteiger partial charge >= 0.3 is 0 Å². The molecule has 0 unspecified atom stereocenters. The van der Waals surface area contributed by atoms with Gasteiger partial charge in [-0.2, -0.15) is 0 Å². The number of methoxy groups -OCH3 is 1. The van der Waals surface area contributed by atoms with E-state index in [2.05, 4.69) is 25.3 Å². The fourth-order valence-corrected chi connectivity index (χ4v) is 4.32. The number of aromatic nitrogens is 6. The SMILES string of the molecule is CC[C@H](Nc1ncnc2c1nc(-c1cnc(C)nc1)n2CC)C(=O)N1CCC[C@H](OC)CC1. The Morgan fingerprint density at radius 2 is 1.97 bits per heavy atom. The third-order valence-corrected chi connectivity index (χ3v) is 6.22. The first-order valence-electron chi connectivity index (χ1n) is 11.6. The molecule has 0 aromatic carbocycles. The zero-order valence-corrected chi connectivity index (χ0v) is 19.8. The molecule has 1 N–H and O–H groups in total. The molecule has 33 heavy (non-hydrogen) atoms. The molecule has 3 aromatic rings. The maximum Gasteiger partial charge on any atom is 0.245 e. The molecule has 4 heterocycles. The van der Waals surface area contributed by atoms with Crippen LogP contribution >= 0.6 is 0 Å². The van der Waals surface area contributed by atoms with E-state index in [-0.39, 0.29) is 18.1 Å². The van der Waals surface area contributed by atoms with Gasteiger partial charge in [0.1, 0.15) is 24.0 Å². The highest BCUT2D eigenvalue weighted by molar-refractivity contribution is 5.90. The van der Waals surface area contributed by atoms with Gasteiger partial charge in [-0.15, -0.1) is 0 Å². The molecular formula is C23H32N8O2. The number of amides is 1. The zero-order valence-electron chi connectivity index (χ0n) is 19.8. The van der Waals surface area contributed by atoms with Crippen molar-refractivity contribution < 1.29 is 9.53 Å². The van der Waals surface area contributed by atoms with E-state index in [0.717, 1.165) is 37.2 Å². The second-order valence-electron chi connectivity index (χ2n) is 8.31. The lowest BCUT2D eigenvalue weighted by Crippen LogP contribution is -2.43. The molecule has 1 amide bonds. The molecule has 1 saturated heterocycles. The van der Waals surface area contributed by atoms with Crippen LogP contribution in [0.15, 0.2) is 18.7 Å². The Morgan fingerprint density at radius 1 is 1.18 bits per heavy atom. The topological polar surface area (TPSA) is 111 Å². The largest absolute Gasteiger partial charge is 0.381 e. The van der Waals surface area contributed by atoms with Gasteiger partial charge in [0.15, 0.2) is 17.0 Å². The number of anilines is 1. The van der Waals surface area contributed by atoms with E-state index in [1.807, 2.05) is 30.2 Å². The van der Waals surface area contributed by atoms with Crippen molar-refractivity contribution in [3.05, 3.63) is 24.5 Å². The van der Waals surface area contributed by atoms with Crippen LogP contribution in [-0.2, 0) is 16.1 Å². The maximum atomic E-state index is 13.3. The molecule has 10 nitrogen and oxygen atoms in total. The third kappa shape index (κ3) is 4.80. The first kappa shape index (κ1) is 23.0. The number of nitrogens with one attached hydrogen (secondary N) is 1. The molecule has 0 bridgehead atoms. The summed E-state index contributed by atoms with van der Waals surface area (Å²) in [5.74, 6) is 2.08. The summed E-state index contributed by atoms with van der Waals surface area (Å²) in [6.07, 6.45) is 8.70.